The molecule has 2 heterocycles. The number of rotatable bonds is 9. The fourth-order valence-electron chi connectivity index (χ4n) is 3.21. The molecule has 0 fully saturated rings. The van der Waals surface area contributed by atoms with Crippen LogP contribution < -0.4 is 28.4 Å². The molecule has 8 nitrogen and oxygen atoms in total. The summed E-state index contributed by atoms with van der Waals surface area (Å²) < 4.78 is 33.5. The van der Waals surface area contributed by atoms with Crippen molar-refractivity contribution in [1.82, 2.24) is 9.97 Å². The quantitative estimate of drug-likeness (QED) is 0.312. The van der Waals surface area contributed by atoms with Gasteiger partial charge in [0.15, 0.2) is 23.0 Å². The Morgan fingerprint density at radius 2 is 0.882 bits per heavy atom. The van der Waals surface area contributed by atoms with Crippen molar-refractivity contribution in [1.29, 1.82) is 0 Å². The van der Waals surface area contributed by atoms with Gasteiger partial charge in [0.05, 0.1) is 39.8 Å². The molecule has 0 unspecified atom stereocenters. The SMILES string of the molecule is COc1ccc(OC)c(Oc2ccnc(-c3cc(Oc4cc(OC)ccc4OC)ccn3)c2)c1. The number of nitrogens with zero attached hydrogens (tertiary/aromatic N) is 2. The molecular formula is C26H24N2O6. The van der Waals surface area contributed by atoms with Gasteiger partial charge in [0.1, 0.15) is 23.0 Å². The lowest BCUT2D eigenvalue weighted by Crippen LogP contribution is -1.94. The molecule has 4 rings (SSSR count). The van der Waals surface area contributed by atoms with Crippen LogP contribution in [0.4, 0.5) is 0 Å². The maximum absolute atomic E-state index is 6.05. The van der Waals surface area contributed by atoms with E-state index in [1.54, 1.807) is 101 Å². The van der Waals surface area contributed by atoms with E-state index in [1.165, 1.54) is 0 Å². The maximum Gasteiger partial charge on any atom is 0.172 e. The van der Waals surface area contributed by atoms with Gasteiger partial charge in [0.25, 0.3) is 0 Å². The maximum atomic E-state index is 6.05. The molecule has 0 atom stereocenters. The minimum absolute atomic E-state index is 0.522. The first-order chi connectivity index (χ1) is 16.6. The van der Waals surface area contributed by atoms with Crippen LogP contribution in [-0.2, 0) is 0 Å². The molecule has 0 spiro atoms. The molecule has 0 saturated heterocycles. The van der Waals surface area contributed by atoms with Crippen molar-refractivity contribution < 1.29 is 28.4 Å². The van der Waals surface area contributed by atoms with Gasteiger partial charge in [-0.1, -0.05) is 0 Å². The molecule has 0 aliphatic heterocycles. The van der Waals surface area contributed by atoms with Gasteiger partial charge in [0.2, 0.25) is 0 Å². The molecule has 8 heteroatoms. The summed E-state index contributed by atoms with van der Waals surface area (Å²) in [6, 6.07) is 17.8. The third-order valence-corrected chi connectivity index (χ3v) is 4.92. The Kier molecular flexibility index (Phi) is 6.98. The summed E-state index contributed by atoms with van der Waals surface area (Å²) in [6.45, 7) is 0. The van der Waals surface area contributed by atoms with Crippen LogP contribution in [0.2, 0.25) is 0 Å². The number of benzene rings is 2. The van der Waals surface area contributed by atoms with Crippen LogP contribution in [0.25, 0.3) is 11.4 Å². The third-order valence-electron chi connectivity index (χ3n) is 4.92. The first-order valence-corrected chi connectivity index (χ1v) is 10.4. The summed E-state index contributed by atoms with van der Waals surface area (Å²) in [5, 5.41) is 0. The third kappa shape index (κ3) is 5.12. The van der Waals surface area contributed by atoms with Gasteiger partial charge in [-0.25, -0.2) is 0 Å². The molecule has 4 aromatic rings. The first kappa shape index (κ1) is 22.7. The van der Waals surface area contributed by atoms with E-state index in [0.717, 1.165) is 0 Å². The monoisotopic (exact) mass is 460 g/mol. The lowest BCUT2D eigenvalue weighted by Gasteiger charge is -2.13. The topological polar surface area (TPSA) is 81.2 Å². The molecule has 0 bridgehead atoms. The van der Waals surface area contributed by atoms with Gasteiger partial charge in [-0.15, -0.1) is 0 Å². The van der Waals surface area contributed by atoms with Crippen molar-refractivity contribution >= 4 is 0 Å². The Morgan fingerprint density at radius 3 is 1.26 bits per heavy atom. The van der Waals surface area contributed by atoms with E-state index in [9.17, 15) is 0 Å². The second-order valence-electron chi connectivity index (χ2n) is 6.99. The molecule has 0 radical (unpaired) electrons. The second kappa shape index (κ2) is 10.4. The highest BCUT2D eigenvalue weighted by molar-refractivity contribution is 5.59. The predicted octanol–water partition coefficient (Wildman–Crippen LogP) is 5.76. The van der Waals surface area contributed by atoms with Crippen molar-refractivity contribution in [3.8, 4) is 57.4 Å². The summed E-state index contributed by atoms with van der Waals surface area (Å²) in [6.07, 6.45) is 3.30. The van der Waals surface area contributed by atoms with Crippen LogP contribution in [0.5, 0.6) is 46.0 Å². The van der Waals surface area contributed by atoms with Gasteiger partial charge >= 0.3 is 0 Å². The highest BCUT2D eigenvalue weighted by atomic mass is 16.5. The molecule has 2 aromatic carbocycles. The molecule has 0 N–H and O–H groups in total. The van der Waals surface area contributed by atoms with Crippen molar-refractivity contribution in [3.05, 3.63) is 73.1 Å². The number of aromatic nitrogens is 2. The van der Waals surface area contributed by atoms with E-state index in [4.69, 9.17) is 28.4 Å². The fraction of sp³-hybridized carbons (Fsp3) is 0.154. The summed E-state index contributed by atoms with van der Waals surface area (Å²) in [4.78, 5) is 8.88. The zero-order valence-corrected chi connectivity index (χ0v) is 19.3. The van der Waals surface area contributed by atoms with Crippen LogP contribution in [-0.4, -0.2) is 38.4 Å². The highest BCUT2D eigenvalue weighted by Gasteiger charge is 2.12. The second-order valence-corrected chi connectivity index (χ2v) is 6.99. The van der Waals surface area contributed by atoms with E-state index in [0.29, 0.717) is 57.4 Å². The molecular weight excluding hydrogens is 436 g/mol. The molecule has 174 valence electrons. The number of ether oxygens (including phenoxy) is 6. The Hall–Kier alpha value is -4.46. The van der Waals surface area contributed by atoms with Gasteiger partial charge in [-0.3, -0.25) is 9.97 Å². The lowest BCUT2D eigenvalue weighted by atomic mass is 10.2. The smallest absolute Gasteiger partial charge is 0.172 e. The Morgan fingerprint density at radius 1 is 0.441 bits per heavy atom. The zero-order valence-electron chi connectivity index (χ0n) is 19.3. The number of pyridine rings is 2. The Balaban J connectivity index is 1.60. The van der Waals surface area contributed by atoms with Crippen molar-refractivity contribution in [2.75, 3.05) is 28.4 Å². The van der Waals surface area contributed by atoms with Crippen LogP contribution in [0, 0.1) is 0 Å². The van der Waals surface area contributed by atoms with E-state index in [1.807, 2.05) is 0 Å². The molecule has 0 aliphatic rings. The van der Waals surface area contributed by atoms with Gasteiger partial charge in [0, 0.05) is 36.7 Å². The predicted molar refractivity (Wildman–Crippen MR) is 127 cm³/mol. The Labute approximate surface area is 197 Å². The molecule has 34 heavy (non-hydrogen) atoms. The molecule has 0 amide bonds. The van der Waals surface area contributed by atoms with Crippen molar-refractivity contribution in [2.45, 2.75) is 0 Å². The van der Waals surface area contributed by atoms with E-state index in [2.05, 4.69) is 9.97 Å². The average molecular weight is 460 g/mol. The van der Waals surface area contributed by atoms with E-state index >= 15 is 0 Å². The lowest BCUT2D eigenvalue weighted by molar-refractivity contribution is 0.370. The number of hydrogen-bond acceptors (Lipinski definition) is 8. The summed E-state index contributed by atoms with van der Waals surface area (Å²) in [5.74, 6) is 4.66. The molecule has 0 saturated carbocycles. The van der Waals surface area contributed by atoms with Crippen molar-refractivity contribution in [3.63, 3.8) is 0 Å². The standard InChI is InChI=1S/C26H24N2O6/c1-29-17-5-7-23(31-3)25(15-17)33-19-9-11-27-21(13-19)22-14-20(10-12-28-22)34-26-16-18(30-2)6-8-24(26)32-4/h5-16H,1-4H3. The minimum Gasteiger partial charge on any atom is -0.497 e. The summed E-state index contributed by atoms with van der Waals surface area (Å²) in [5.41, 5.74) is 1.23. The van der Waals surface area contributed by atoms with Crippen LogP contribution in [0.3, 0.4) is 0 Å². The molecule has 0 aliphatic carbocycles. The van der Waals surface area contributed by atoms with Crippen molar-refractivity contribution in [2.24, 2.45) is 0 Å². The van der Waals surface area contributed by atoms with Crippen LogP contribution in [0.15, 0.2) is 73.1 Å². The van der Waals surface area contributed by atoms with Gasteiger partial charge in [-0.05, 0) is 36.4 Å². The number of hydrogen-bond donors (Lipinski definition) is 0. The van der Waals surface area contributed by atoms with Crippen LogP contribution in [0.1, 0.15) is 0 Å². The largest absolute Gasteiger partial charge is 0.497 e. The first-order valence-electron chi connectivity index (χ1n) is 10.4. The summed E-state index contributed by atoms with van der Waals surface area (Å²) in [7, 11) is 6.36. The number of methoxy groups -OCH3 is 4. The zero-order chi connectivity index (χ0) is 23.9. The van der Waals surface area contributed by atoms with Gasteiger partial charge < -0.3 is 28.4 Å². The van der Waals surface area contributed by atoms with E-state index < -0.39 is 0 Å². The summed E-state index contributed by atoms with van der Waals surface area (Å²) >= 11 is 0. The fourth-order valence-corrected chi connectivity index (χ4v) is 3.21. The highest BCUT2D eigenvalue weighted by Crippen LogP contribution is 2.37. The van der Waals surface area contributed by atoms with E-state index in [-0.39, 0.29) is 0 Å². The van der Waals surface area contributed by atoms with Crippen LogP contribution >= 0.6 is 0 Å². The normalized spacial score (nSPS) is 10.4. The van der Waals surface area contributed by atoms with Gasteiger partial charge in [-0.2, -0.15) is 0 Å². The Bertz CT molecular complexity index is 1180. The minimum atomic E-state index is 0.522. The average Bonchev–Trinajstić information content (AvgIpc) is 2.89. The molecule has 2 aromatic heterocycles.